The third-order valence-corrected chi connectivity index (χ3v) is 3.32. The highest BCUT2D eigenvalue weighted by molar-refractivity contribution is 7.71. The first-order valence-electron chi connectivity index (χ1n) is 5.86. The molecule has 6 heteroatoms. The van der Waals surface area contributed by atoms with Gasteiger partial charge in [0.05, 0.1) is 0 Å². The van der Waals surface area contributed by atoms with E-state index in [1.54, 1.807) is 4.57 Å². The van der Waals surface area contributed by atoms with Gasteiger partial charge in [-0.2, -0.15) is 0 Å². The predicted octanol–water partition coefficient (Wildman–Crippen LogP) is 1.86. The van der Waals surface area contributed by atoms with Crippen LogP contribution in [-0.4, -0.2) is 19.1 Å². The fraction of sp³-hybridized carbons (Fsp3) is 0.545. The Bertz CT molecular complexity index is 664. The first kappa shape index (κ1) is 12.0. The second-order valence-corrected chi connectivity index (χ2v) is 4.18. The van der Waals surface area contributed by atoms with E-state index in [-0.39, 0.29) is 5.56 Å². The Morgan fingerprint density at radius 2 is 1.88 bits per heavy atom. The van der Waals surface area contributed by atoms with Crippen LogP contribution in [-0.2, 0) is 19.5 Å². The maximum Gasteiger partial charge on any atom is 0.280 e. The summed E-state index contributed by atoms with van der Waals surface area (Å²) in [5.41, 5.74) is 1.15. The van der Waals surface area contributed by atoms with Crippen LogP contribution in [0.2, 0.25) is 0 Å². The lowest BCUT2D eigenvalue weighted by Gasteiger charge is -2.09. The molecule has 0 aliphatic rings. The molecule has 0 bridgehead atoms. The van der Waals surface area contributed by atoms with Gasteiger partial charge in [0, 0.05) is 19.5 Å². The van der Waals surface area contributed by atoms with E-state index in [1.807, 2.05) is 25.3 Å². The summed E-state index contributed by atoms with van der Waals surface area (Å²) in [6.07, 6.45) is 0.775. The minimum atomic E-state index is -0.0793. The zero-order chi connectivity index (χ0) is 12.6. The highest BCUT2D eigenvalue weighted by Crippen LogP contribution is 2.09. The van der Waals surface area contributed by atoms with Gasteiger partial charge in [-0.3, -0.25) is 9.36 Å². The quantitative estimate of drug-likeness (QED) is 0.848. The van der Waals surface area contributed by atoms with Crippen LogP contribution >= 0.6 is 12.2 Å². The van der Waals surface area contributed by atoms with Crippen LogP contribution in [0.15, 0.2) is 4.79 Å². The highest BCUT2D eigenvalue weighted by Gasteiger charge is 2.12. The van der Waals surface area contributed by atoms with Gasteiger partial charge in [0.2, 0.25) is 0 Å². The monoisotopic (exact) mass is 252 g/mol. The molecule has 0 radical (unpaired) electrons. The maximum absolute atomic E-state index is 12.2. The third-order valence-electron chi connectivity index (χ3n) is 2.88. The van der Waals surface area contributed by atoms with E-state index in [0.717, 1.165) is 12.2 Å². The summed E-state index contributed by atoms with van der Waals surface area (Å²) >= 11 is 5.32. The van der Waals surface area contributed by atoms with Gasteiger partial charge in [-0.1, -0.05) is 6.92 Å². The van der Waals surface area contributed by atoms with E-state index in [0.29, 0.717) is 29.0 Å². The maximum atomic E-state index is 12.2. The minimum Gasteiger partial charge on any atom is -0.336 e. The molecule has 0 aromatic carbocycles. The third kappa shape index (κ3) is 1.72. The SMILES string of the molecule is CCc1nc2c([nH]1)c(=O)n(CC)c(=S)n2CC. The van der Waals surface area contributed by atoms with Crippen LogP contribution in [0.4, 0.5) is 0 Å². The van der Waals surface area contributed by atoms with Gasteiger partial charge in [0.25, 0.3) is 5.56 Å². The standard InChI is InChI=1S/C11H16N4OS/c1-4-7-12-8-9(13-7)14(5-2)11(17)15(6-3)10(8)16/h4-6H2,1-3H3,(H,12,13). The molecule has 0 atom stereocenters. The van der Waals surface area contributed by atoms with Crippen molar-refractivity contribution in [2.24, 2.45) is 0 Å². The summed E-state index contributed by atoms with van der Waals surface area (Å²) in [5.74, 6) is 0.822. The Morgan fingerprint density at radius 3 is 2.41 bits per heavy atom. The summed E-state index contributed by atoms with van der Waals surface area (Å²) in [6, 6.07) is 0. The summed E-state index contributed by atoms with van der Waals surface area (Å²) in [5, 5.41) is 0. The number of H-pyrrole nitrogens is 1. The predicted molar refractivity (Wildman–Crippen MR) is 69.9 cm³/mol. The van der Waals surface area contributed by atoms with Gasteiger partial charge in [0.15, 0.2) is 10.4 Å². The molecule has 2 rings (SSSR count). The van der Waals surface area contributed by atoms with E-state index in [9.17, 15) is 4.79 Å². The molecule has 5 nitrogen and oxygen atoms in total. The molecule has 0 saturated carbocycles. The topological polar surface area (TPSA) is 55.6 Å². The van der Waals surface area contributed by atoms with E-state index in [2.05, 4.69) is 9.97 Å². The average molecular weight is 252 g/mol. The van der Waals surface area contributed by atoms with Crippen LogP contribution in [0, 0.1) is 4.77 Å². The number of aromatic nitrogens is 4. The molecule has 0 amide bonds. The lowest BCUT2D eigenvalue weighted by molar-refractivity contribution is 0.630. The zero-order valence-electron chi connectivity index (χ0n) is 10.3. The Hall–Kier alpha value is -1.43. The normalized spacial score (nSPS) is 11.2. The van der Waals surface area contributed by atoms with Crippen molar-refractivity contribution in [2.75, 3.05) is 0 Å². The molecule has 0 saturated heterocycles. The molecule has 0 unspecified atom stereocenters. The molecule has 0 aliphatic heterocycles. The van der Waals surface area contributed by atoms with E-state index in [1.165, 1.54) is 0 Å². The molecule has 0 aliphatic carbocycles. The first-order chi connectivity index (χ1) is 8.13. The molecule has 2 heterocycles. The van der Waals surface area contributed by atoms with Crippen molar-refractivity contribution >= 4 is 23.4 Å². The van der Waals surface area contributed by atoms with E-state index in [4.69, 9.17) is 12.2 Å². The number of nitrogens with one attached hydrogen (secondary N) is 1. The number of rotatable bonds is 3. The van der Waals surface area contributed by atoms with Crippen molar-refractivity contribution in [1.29, 1.82) is 0 Å². The molecule has 0 spiro atoms. The number of nitrogens with zero attached hydrogens (tertiary/aromatic N) is 3. The Balaban J connectivity index is 2.98. The van der Waals surface area contributed by atoms with E-state index >= 15 is 0 Å². The van der Waals surface area contributed by atoms with Gasteiger partial charge in [-0.05, 0) is 26.1 Å². The second-order valence-electron chi connectivity index (χ2n) is 3.81. The van der Waals surface area contributed by atoms with E-state index < -0.39 is 0 Å². The van der Waals surface area contributed by atoms with Crippen LogP contribution in [0.3, 0.4) is 0 Å². The van der Waals surface area contributed by atoms with Crippen molar-refractivity contribution in [3.63, 3.8) is 0 Å². The number of aryl methyl sites for hydroxylation is 2. The Kier molecular flexibility index (Phi) is 3.15. The second kappa shape index (κ2) is 4.44. The fourth-order valence-corrected chi connectivity index (χ4v) is 2.37. The Morgan fingerprint density at radius 1 is 1.24 bits per heavy atom. The smallest absolute Gasteiger partial charge is 0.280 e. The lowest BCUT2D eigenvalue weighted by atomic mass is 10.5. The average Bonchev–Trinajstić information content (AvgIpc) is 2.74. The van der Waals surface area contributed by atoms with Gasteiger partial charge in [-0.15, -0.1) is 0 Å². The number of hydrogen-bond acceptors (Lipinski definition) is 3. The van der Waals surface area contributed by atoms with Gasteiger partial charge >= 0.3 is 0 Å². The van der Waals surface area contributed by atoms with Gasteiger partial charge < -0.3 is 9.55 Å². The highest BCUT2D eigenvalue weighted by atomic mass is 32.1. The van der Waals surface area contributed by atoms with Crippen molar-refractivity contribution in [1.82, 2.24) is 19.1 Å². The van der Waals surface area contributed by atoms with Gasteiger partial charge in [0.1, 0.15) is 11.3 Å². The molecule has 0 fully saturated rings. The molecule has 2 aromatic heterocycles. The minimum absolute atomic E-state index is 0.0793. The molecular weight excluding hydrogens is 236 g/mol. The van der Waals surface area contributed by atoms with Crippen molar-refractivity contribution in [3.8, 4) is 0 Å². The summed E-state index contributed by atoms with van der Waals surface area (Å²) in [7, 11) is 0. The van der Waals surface area contributed by atoms with Crippen LogP contribution in [0.1, 0.15) is 26.6 Å². The van der Waals surface area contributed by atoms with Crippen LogP contribution in [0.5, 0.6) is 0 Å². The summed E-state index contributed by atoms with van der Waals surface area (Å²) < 4.78 is 4.03. The van der Waals surface area contributed by atoms with Crippen LogP contribution < -0.4 is 5.56 Å². The lowest BCUT2D eigenvalue weighted by Crippen LogP contribution is -2.24. The van der Waals surface area contributed by atoms with Crippen molar-refractivity contribution in [3.05, 3.63) is 20.9 Å². The number of imidazole rings is 1. The molecular formula is C11H16N4OS. The van der Waals surface area contributed by atoms with Crippen LogP contribution in [0.25, 0.3) is 11.2 Å². The number of aromatic amines is 1. The largest absolute Gasteiger partial charge is 0.336 e. The molecule has 2 aromatic rings. The summed E-state index contributed by atoms with van der Waals surface area (Å²) in [6.45, 7) is 7.21. The Labute approximate surface area is 104 Å². The van der Waals surface area contributed by atoms with Gasteiger partial charge in [-0.25, -0.2) is 4.98 Å². The number of fused-ring (bicyclic) bond motifs is 1. The summed E-state index contributed by atoms with van der Waals surface area (Å²) in [4.78, 5) is 19.7. The first-order valence-corrected chi connectivity index (χ1v) is 6.27. The van der Waals surface area contributed by atoms with Crippen molar-refractivity contribution in [2.45, 2.75) is 40.3 Å². The molecule has 1 N–H and O–H groups in total. The molecule has 17 heavy (non-hydrogen) atoms. The van der Waals surface area contributed by atoms with Crippen molar-refractivity contribution < 1.29 is 0 Å². The molecule has 92 valence electrons. The zero-order valence-corrected chi connectivity index (χ0v) is 11.1. The fourth-order valence-electron chi connectivity index (χ4n) is 1.95. The number of hydrogen-bond donors (Lipinski definition) is 1.